The lowest BCUT2D eigenvalue weighted by molar-refractivity contribution is -0.422. The summed E-state index contributed by atoms with van der Waals surface area (Å²) in [6.45, 7) is 0. The molecule has 3 rings (SSSR count). The Balaban J connectivity index is 2.52. The van der Waals surface area contributed by atoms with Crippen LogP contribution in [0, 0.1) is 40.5 Å². The van der Waals surface area contributed by atoms with Crippen molar-refractivity contribution in [2.45, 2.75) is 0 Å². The number of nitrogens with zero attached hydrogens (tertiary/aromatic N) is 4. The highest BCUT2D eigenvalue weighted by Crippen LogP contribution is 2.50. The van der Waals surface area contributed by atoms with Gasteiger partial charge in [0.25, 0.3) is 11.4 Å². The summed E-state index contributed by atoms with van der Waals surface area (Å²) in [6, 6.07) is 2.96. The summed E-state index contributed by atoms with van der Waals surface area (Å²) < 4.78 is 0. The van der Waals surface area contributed by atoms with Crippen molar-refractivity contribution in [2.24, 2.45) is 0 Å². The first-order valence-corrected chi connectivity index (χ1v) is 6.62. The SMILES string of the molecule is O=C1c2cc([N+](=O)[O-])cc([N+](=O)[O-])c2-c2c1ccc([N+](=O)[O-])c2[N+](=O)[O-]. The summed E-state index contributed by atoms with van der Waals surface area (Å²) in [6.07, 6.45) is 0. The maximum atomic E-state index is 12.5. The number of benzene rings is 2. The Hall–Kier alpha value is -4.29. The van der Waals surface area contributed by atoms with Crippen LogP contribution >= 0.6 is 0 Å². The lowest BCUT2D eigenvalue weighted by Gasteiger charge is -2.03. The van der Waals surface area contributed by atoms with Crippen molar-refractivity contribution in [1.82, 2.24) is 0 Å². The van der Waals surface area contributed by atoms with E-state index in [0.29, 0.717) is 6.07 Å². The second-order valence-electron chi connectivity index (χ2n) is 5.10. The van der Waals surface area contributed by atoms with Crippen LogP contribution < -0.4 is 0 Å². The highest BCUT2D eigenvalue weighted by molar-refractivity contribution is 6.25. The first-order chi connectivity index (χ1) is 12.1. The molecule has 0 radical (unpaired) electrons. The maximum Gasteiger partial charge on any atom is 0.354 e. The Bertz CT molecular complexity index is 1080. The zero-order valence-electron chi connectivity index (χ0n) is 12.3. The van der Waals surface area contributed by atoms with E-state index in [-0.39, 0.29) is 5.56 Å². The molecule has 0 bridgehead atoms. The predicted octanol–water partition coefficient (Wildman–Crippen LogP) is 2.53. The first kappa shape index (κ1) is 16.6. The quantitative estimate of drug-likeness (QED) is 0.496. The molecule has 2 aromatic rings. The zero-order valence-corrected chi connectivity index (χ0v) is 12.3. The van der Waals surface area contributed by atoms with Crippen molar-refractivity contribution in [3.05, 3.63) is 75.8 Å². The van der Waals surface area contributed by atoms with Gasteiger partial charge in [-0.3, -0.25) is 45.3 Å². The number of carbonyl (C=O) groups excluding carboxylic acids is 1. The van der Waals surface area contributed by atoms with Crippen LogP contribution in [0.4, 0.5) is 22.7 Å². The van der Waals surface area contributed by atoms with Gasteiger partial charge < -0.3 is 0 Å². The highest BCUT2D eigenvalue weighted by Gasteiger charge is 2.44. The van der Waals surface area contributed by atoms with E-state index in [1.54, 1.807) is 0 Å². The summed E-state index contributed by atoms with van der Waals surface area (Å²) in [5.41, 5.74) is -5.73. The average Bonchev–Trinajstić information content (AvgIpc) is 2.85. The van der Waals surface area contributed by atoms with Crippen molar-refractivity contribution >= 4 is 28.5 Å². The fourth-order valence-electron chi connectivity index (χ4n) is 2.80. The fourth-order valence-corrected chi connectivity index (χ4v) is 2.80. The minimum atomic E-state index is -1.12. The number of non-ortho nitro benzene ring substituents is 1. The molecule has 0 heterocycles. The molecule has 0 atom stereocenters. The third-order valence-electron chi connectivity index (χ3n) is 3.78. The second-order valence-corrected chi connectivity index (χ2v) is 5.10. The Labute approximate surface area is 141 Å². The third-order valence-corrected chi connectivity index (χ3v) is 3.78. The Morgan fingerprint density at radius 1 is 0.654 bits per heavy atom. The van der Waals surface area contributed by atoms with Crippen LogP contribution in [0.2, 0.25) is 0 Å². The minimum absolute atomic E-state index is 0.374. The van der Waals surface area contributed by atoms with E-state index in [4.69, 9.17) is 0 Å². The van der Waals surface area contributed by atoms with Gasteiger partial charge in [0.1, 0.15) is 0 Å². The topological polar surface area (TPSA) is 190 Å². The number of nitro groups is 4. The van der Waals surface area contributed by atoms with Gasteiger partial charge in [-0.2, -0.15) is 0 Å². The van der Waals surface area contributed by atoms with E-state index in [0.717, 1.165) is 18.2 Å². The van der Waals surface area contributed by atoms with Gasteiger partial charge in [0.05, 0.1) is 36.9 Å². The number of carbonyl (C=O) groups is 1. The molecule has 13 nitrogen and oxygen atoms in total. The largest absolute Gasteiger partial charge is 0.354 e. The molecule has 0 N–H and O–H groups in total. The van der Waals surface area contributed by atoms with Crippen molar-refractivity contribution < 1.29 is 24.5 Å². The number of fused-ring (bicyclic) bond motifs is 3. The first-order valence-electron chi connectivity index (χ1n) is 6.62. The monoisotopic (exact) mass is 360 g/mol. The molecule has 0 saturated carbocycles. The van der Waals surface area contributed by atoms with Gasteiger partial charge in [0, 0.05) is 23.3 Å². The van der Waals surface area contributed by atoms with E-state index >= 15 is 0 Å². The second kappa shape index (κ2) is 5.37. The molecular weight excluding hydrogens is 356 g/mol. The lowest BCUT2D eigenvalue weighted by Crippen LogP contribution is -2.01. The molecule has 2 aromatic carbocycles. The molecular formula is C13H4N4O9. The van der Waals surface area contributed by atoms with Crippen LogP contribution in [0.15, 0.2) is 24.3 Å². The van der Waals surface area contributed by atoms with Gasteiger partial charge in [0.15, 0.2) is 5.78 Å². The van der Waals surface area contributed by atoms with E-state index in [9.17, 15) is 45.3 Å². The average molecular weight is 360 g/mol. The number of ketones is 1. The molecule has 0 amide bonds. The van der Waals surface area contributed by atoms with Gasteiger partial charge in [-0.15, -0.1) is 0 Å². The van der Waals surface area contributed by atoms with Crippen molar-refractivity contribution in [2.75, 3.05) is 0 Å². The molecule has 0 fully saturated rings. The van der Waals surface area contributed by atoms with Crippen LogP contribution in [0.5, 0.6) is 0 Å². The highest BCUT2D eigenvalue weighted by atomic mass is 16.6. The molecule has 1 aliphatic carbocycles. The van der Waals surface area contributed by atoms with Crippen molar-refractivity contribution in [3.63, 3.8) is 0 Å². The molecule has 26 heavy (non-hydrogen) atoms. The van der Waals surface area contributed by atoms with Crippen LogP contribution in [0.25, 0.3) is 11.1 Å². The molecule has 0 aliphatic heterocycles. The molecule has 13 heteroatoms. The molecule has 130 valence electrons. The Morgan fingerprint density at radius 2 is 1.27 bits per heavy atom. The van der Waals surface area contributed by atoms with E-state index < -0.39 is 64.9 Å². The van der Waals surface area contributed by atoms with E-state index in [2.05, 4.69) is 0 Å². The van der Waals surface area contributed by atoms with E-state index in [1.165, 1.54) is 0 Å². The van der Waals surface area contributed by atoms with Gasteiger partial charge in [0.2, 0.25) is 0 Å². The molecule has 0 spiro atoms. The molecule has 0 aromatic heterocycles. The summed E-state index contributed by atoms with van der Waals surface area (Å²) in [5, 5.41) is 44.7. The Kier molecular flexibility index (Phi) is 3.42. The van der Waals surface area contributed by atoms with Crippen molar-refractivity contribution in [1.29, 1.82) is 0 Å². The van der Waals surface area contributed by atoms with E-state index in [1.807, 2.05) is 0 Å². The number of nitro benzene ring substituents is 4. The minimum Gasteiger partial charge on any atom is -0.289 e. The summed E-state index contributed by atoms with van der Waals surface area (Å²) in [4.78, 5) is 53.0. The van der Waals surface area contributed by atoms with Crippen LogP contribution in [-0.2, 0) is 0 Å². The molecule has 1 aliphatic rings. The maximum absolute atomic E-state index is 12.5. The summed E-state index contributed by atoms with van der Waals surface area (Å²) >= 11 is 0. The fraction of sp³-hybridized carbons (Fsp3) is 0. The molecule has 0 saturated heterocycles. The van der Waals surface area contributed by atoms with Gasteiger partial charge in [-0.25, -0.2) is 0 Å². The Morgan fingerprint density at radius 3 is 1.77 bits per heavy atom. The normalized spacial score (nSPS) is 11.6. The summed E-state index contributed by atoms with van der Waals surface area (Å²) in [5.74, 6) is -0.931. The molecule has 0 unspecified atom stereocenters. The number of hydrogen-bond donors (Lipinski definition) is 0. The van der Waals surface area contributed by atoms with Crippen molar-refractivity contribution in [3.8, 4) is 11.1 Å². The lowest BCUT2D eigenvalue weighted by atomic mass is 10.0. The van der Waals surface area contributed by atoms with Gasteiger partial charge >= 0.3 is 11.4 Å². The zero-order chi connectivity index (χ0) is 19.3. The van der Waals surface area contributed by atoms with Crippen LogP contribution in [0.1, 0.15) is 15.9 Å². The van der Waals surface area contributed by atoms with Gasteiger partial charge in [-0.1, -0.05) is 0 Å². The summed E-state index contributed by atoms with van der Waals surface area (Å²) in [7, 11) is 0. The predicted molar refractivity (Wildman–Crippen MR) is 81.9 cm³/mol. The number of rotatable bonds is 4. The number of hydrogen-bond acceptors (Lipinski definition) is 9. The van der Waals surface area contributed by atoms with Crippen LogP contribution in [0.3, 0.4) is 0 Å². The third kappa shape index (κ3) is 2.15. The van der Waals surface area contributed by atoms with Crippen LogP contribution in [-0.4, -0.2) is 25.5 Å². The smallest absolute Gasteiger partial charge is 0.289 e. The standard InChI is InChI=1S/C13H4N4O9/c18-13-6-1-2-8(15(21)22)12(17(25)26)11(6)10-7(13)3-5(14(19)20)4-9(10)16(23)24/h1-4H. The van der Waals surface area contributed by atoms with Gasteiger partial charge in [-0.05, 0) is 6.07 Å².